The van der Waals surface area contributed by atoms with Crippen LogP contribution in [0.2, 0.25) is 0 Å². The van der Waals surface area contributed by atoms with Gasteiger partial charge in [-0.2, -0.15) is 0 Å². The molecule has 0 aromatic carbocycles. The number of pyridine rings is 1. The highest BCUT2D eigenvalue weighted by molar-refractivity contribution is 5.93. The third-order valence-electron chi connectivity index (χ3n) is 4.29. The van der Waals surface area contributed by atoms with Gasteiger partial charge in [-0.05, 0) is 50.9 Å². The van der Waals surface area contributed by atoms with E-state index in [2.05, 4.69) is 10.3 Å². The molecule has 1 aliphatic rings. The van der Waals surface area contributed by atoms with E-state index in [9.17, 15) is 4.79 Å². The van der Waals surface area contributed by atoms with Gasteiger partial charge >= 0.3 is 0 Å². The number of carbonyl (C=O) groups is 1. The van der Waals surface area contributed by atoms with E-state index < -0.39 is 0 Å². The van der Waals surface area contributed by atoms with Crippen LogP contribution in [-0.4, -0.2) is 46.9 Å². The van der Waals surface area contributed by atoms with Crippen LogP contribution in [0.25, 0.3) is 5.65 Å². The first-order valence-electron chi connectivity index (χ1n) is 7.65. The Kier molecular flexibility index (Phi) is 7.82. The van der Waals surface area contributed by atoms with Gasteiger partial charge in [0.25, 0.3) is 5.91 Å². The molecule has 5 nitrogen and oxygen atoms in total. The molecular formula is C16H24Cl2N4O. The van der Waals surface area contributed by atoms with Crippen LogP contribution in [0.3, 0.4) is 0 Å². The summed E-state index contributed by atoms with van der Waals surface area (Å²) in [5, 5.41) is 3.20. The second-order valence-electron chi connectivity index (χ2n) is 5.72. The summed E-state index contributed by atoms with van der Waals surface area (Å²) in [4.78, 5) is 18.9. The van der Waals surface area contributed by atoms with Crippen LogP contribution in [-0.2, 0) is 0 Å². The zero-order chi connectivity index (χ0) is 14.7. The maximum Gasteiger partial charge on any atom is 0.274 e. The quantitative estimate of drug-likeness (QED) is 0.913. The van der Waals surface area contributed by atoms with Crippen molar-refractivity contribution in [3.8, 4) is 0 Å². The number of hydrogen-bond acceptors (Lipinski definition) is 3. The lowest BCUT2D eigenvalue weighted by molar-refractivity contribution is 0.0682. The minimum Gasteiger partial charge on any atom is -0.337 e. The monoisotopic (exact) mass is 358 g/mol. The van der Waals surface area contributed by atoms with Crippen molar-refractivity contribution in [1.29, 1.82) is 0 Å². The number of hydrogen-bond donors (Lipinski definition) is 1. The van der Waals surface area contributed by atoms with E-state index >= 15 is 0 Å². The van der Waals surface area contributed by atoms with Crippen molar-refractivity contribution in [3.63, 3.8) is 0 Å². The van der Waals surface area contributed by atoms with E-state index in [1.54, 1.807) is 0 Å². The fraction of sp³-hybridized carbons (Fsp3) is 0.500. The lowest BCUT2D eigenvalue weighted by Gasteiger charge is -2.31. The number of likely N-dealkylation sites (tertiary alicyclic amines) is 1. The Balaban J connectivity index is 0.00000132. The van der Waals surface area contributed by atoms with E-state index in [-0.39, 0.29) is 30.7 Å². The third kappa shape index (κ3) is 4.59. The van der Waals surface area contributed by atoms with E-state index in [1.165, 1.54) is 6.42 Å². The molecule has 0 unspecified atom stereocenters. The van der Waals surface area contributed by atoms with Crippen LogP contribution < -0.4 is 5.32 Å². The maximum atomic E-state index is 12.5. The third-order valence-corrected chi connectivity index (χ3v) is 4.29. The Bertz CT molecular complexity index is 590. The number of rotatable bonds is 4. The number of fused-ring (bicyclic) bond motifs is 1. The minimum atomic E-state index is 0. The number of halogens is 2. The molecule has 2 aromatic rings. The molecule has 1 amide bonds. The zero-order valence-electron chi connectivity index (χ0n) is 13.3. The fourth-order valence-electron chi connectivity index (χ4n) is 2.97. The number of piperidine rings is 1. The highest BCUT2D eigenvalue weighted by Gasteiger charge is 2.24. The summed E-state index contributed by atoms with van der Waals surface area (Å²) >= 11 is 0. The summed E-state index contributed by atoms with van der Waals surface area (Å²) in [6.45, 7) is 2.76. The Morgan fingerprint density at radius 2 is 2.04 bits per heavy atom. The molecule has 0 radical (unpaired) electrons. The van der Waals surface area contributed by atoms with Gasteiger partial charge in [-0.25, -0.2) is 4.98 Å². The highest BCUT2D eigenvalue weighted by Crippen LogP contribution is 2.21. The van der Waals surface area contributed by atoms with Crippen LogP contribution in [0.1, 0.15) is 29.8 Å². The van der Waals surface area contributed by atoms with E-state index in [4.69, 9.17) is 0 Å². The smallest absolute Gasteiger partial charge is 0.274 e. The van der Waals surface area contributed by atoms with Crippen molar-refractivity contribution in [2.75, 3.05) is 26.7 Å². The number of amides is 1. The van der Waals surface area contributed by atoms with Crippen molar-refractivity contribution in [2.24, 2.45) is 5.92 Å². The van der Waals surface area contributed by atoms with Gasteiger partial charge in [0.2, 0.25) is 0 Å². The van der Waals surface area contributed by atoms with Crippen molar-refractivity contribution in [3.05, 3.63) is 36.3 Å². The maximum absolute atomic E-state index is 12.5. The number of carbonyl (C=O) groups excluding carboxylic acids is 1. The molecule has 1 N–H and O–H groups in total. The molecule has 1 aliphatic heterocycles. The lowest BCUT2D eigenvalue weighted by Crippen LogP contribution is -2.39. The predicted molar refractivity (Wildman–Crippen MR) is 96.9 cm³/mol. The van der Waals surface area contributed by atoms with Gasteiger partial charge in [0.1, 0.15) is 11.3 Å². The Hall–Kier alpha value is -1.30. The summed E-state index contributed by atoms with van der Waals surface area (Å²) in [5.41, 5.74) is 1.37. The average molecular weight is 359 g/mol. The molecule has 0 aliphatic carbocycles. The van der Waals surface area contributed by atoms with Crippen LogP contribution in [0, 0.1) is 5.92 Å². The second-order valence-corrected chi connectivity index (χ2v) is 5.72. The molecule has 128 valence electrons. The lowest BCUT2D eigenvalue weighted by atomic mass is 9.93. The Morgan fingerprint density at radius 3 is 2.70 bits per heavy atom. The molecule has 3 heterocycles. The zero-order valence-corrected chi connectivity index (χ0v) is 14.9. The molecule has 7 heteroatoms. The summed E-state index contributed by atoms with van der Waals surface area (Å²) in [6, 6.07) is 5.79. The molecule has 0 atom stereocenters. The summed E-state index contributed by atoms with van der Waals surface area (Å²) in [6.07, 6.45) is 7.14. The van der Waals surface area contributed by atoms with E-state index in [0.29, 0.717) is 5.69 Å². The van der Waals surface area contributed by atoms with Crippen molar-refractivity contribution in [1.82, 2.24) is 19.6 Å². The van der Waals surface area contributed by atoms with Gasteiger partial charge in [-0.3, -0.25) is 4.79 Å². The van der Waals surface area contributed by atoms with Gasteiger partial charge < -0.3 is 14.6 Å². The Labute approximate surface area is 149 Å². The summed E-state index contributed by atoms with van der Waals surface area (Å²) in [7, 11) is 1.99. The van der Waals surface area contributed by atoms with Gasteiger partial charge in [-0.1, -0.05) is 6.07 Å². The van der Waals surface area contributed by atoms with Gasteiger partial charge in [0.05, 0.1) is 0 Å². The molecule has 23 heavy (non-hydrogen) atoms. The van der Waals surface area contributed by atoms with Crippen LogP contribution in [0.5, 0.6) is 0 Å². The SMILES string of the molecule is CNCCC1CCN(C(=O)c2cn3ccccc3n2)CC1.Cl.Cl. The number of nitrogens with zero attached hydrogens (tertiary/aromatic N) is 3. The standard InChI is InChI=1S/C16H22N4O.2ClH/c1-17-8-5-13-6-10-19(11-7-13)16(21)14-12-20-9-3-2-4-15(20)18-14;;/h2-4,9,12-13,17H,5-8,10-11H2,1H3;2*1H. The molecule has 0 spiro atoms. The molecule has 1 fully saturated rings. The predicted octanol–water partition coefficient (Wildman–Crippen LogP) is 2.64. The highest BCUT2D eigenvalue weighted by atomic mass is 35.5. The summed E-state index contributed by atoms with van der Waals surface area (Å²) in [5.74, 6) is 0.799. The Morgan fingerprint density at radius 1 is 1.30 bits per heavy atom. The molecular weight excluding hydrogens is 335 g/mol. The molecule has 1 saturated heterocycles. The van der Waals surface area contributed by atoms with E-state index in [1.807, 2.05) is 46.9 Å². The van der Waals surface area contributed by atoms with Crippen molar-refractivity contribution >= 4 is 36.4 Å². The van der Waals surface area contributed by atoms with Crippen LogP contribution in [0.4, 0.5) is 0 Å². The van der Waals surface area contributed by atoms with Gasteiger partial charge in [0.15, 0.2) is 0 Å². The molecule has 3 rings (SSSR count). The van der Waals surface area contributed by atoms with Crippen LogP contribution >= 0.6 is 24.8 Å². The number of nitrogens with one attached hydrogen (secondary N) is 1. The molecule has 2 aromatic heterocycles. The second kappa shape index (κ2) is 9.11. The normalized spacial score (nSPS) is 15.1. The van der Waals surface area contributed by atoms with Crippen molar-refractivity contribution < 1.29 is 4.79 Å². The fourth-order valence-corrected chi connectivity index (χ4v) is 2.97. The first-order chi connectivity index (χ1) is 10.3. The number of aromatic nitrogens is 2. The van der Waals surface area contributed by atoms with E-state index in [0.717, 1.165) is 44.0 Å². The van der Waals surface area contributed by atoms with Gasteiger partial charge in [-0.15, -0.1) is 24.8 Å². The number of imidazole rings is 1. The average Bonchev–Trinajstić information content (AvgIpc) is 2.96. The minimum absolute atomic E-state index is 0. The largest absolute Gasteiger partial charge is 0.337 e. The topological polar surface area (TPSA) is 49.6 Å². The van der Waals surface area contributed by atoms with Gasteiger partial charge in [0, 0.05) is 25.5 Å². The first-order valence-corrected chi connectivity index (χ1v) is 7.65. The molecule has 0 bridgehead atoms. The van der Waals surface area contributed by atoms with Crippen LogP contribution in [0.15, 0.2) is 30.6 Å². The molecule has 0 saturated carbocycles. The summed E-state index contributed by atoms with van der Waals surface area (Å²) < 4.78 is 1.90. The first kappa shape index (κ1) is 19.7. The van der Waals surface area contributed by atoms with Crippen molar-refractivity contribution in [2.45, 2.75) is 19.3 Å².